The largest absolute Gasteiger partial charge is 0.508 e. The molecule has 4 heterocycles. The first kappa shape index (κ1) is 51.0. The summed E-state index contributed by atoms with van der Waals surface area (Å²) in [5.41, 5.74) is 3.99. The van der Waals surface area contributed by atoms with Crippen LogP contribution in [0.15, 0.2) is 182 Å². The third kappa shape index (κ3) is 11.7. The van der Waals surface area contributed by atoms with Crippen molar-refractivity contribution in [3.8, 4) is 0 Å². The van der Waals surface area contributed by atoms with Crippen molar-refractivity contribution >= 4 is 24.8 Å². The van der Waals surface area contributed by atoms with Crippen LogP contribution >= 0.6 is 0 Å². The first-order valence-electron chi connectivity index (χ1n) is 25.5. The normalized spacial score (nSPS) is 27.2. The van der Waals surface area contributed by atoms with Crippen LogP contribution in [0.1, 0.15) is 43.0 Å². The summed E-state index contributed by atoms with van der Waals surface area (Å²) in [7, 11) is -3.09. The molecule has 73 heavy (non-hydrogen) atoms. The monoisotopic (exact) mass is 1010 g/mol. The molecule has 10 rings (SSSR count). The second-order valence-electron chi connectivity index (χ2n) is 20.2. The van der Waals surface area contributed by atoms with Crippen molar-refractivity contribution < 1.29 is 56.6 Å². The first-order valence-corrected chi connectivity index (χ1v) is 27.4. The molecule has 0 unspecified atom stereocenters. The summed E-state index contributed by atoms with van der Waals surface area (Å²) in [4.78, 5) is 13.1. The van der Waals surface area contributed by atoms with Gasteiger partial charge in [-0.1, -0.05) is 203 Å². The number of carbonyl (C=O) groups excluding carboxylic acids is 1. The van der Waals surface area contributed by atoms with Gasteiger partial charge in [0.15, 0.2) is 0 Å². The summed E-state index contributed by atoms with van der Waals surface area (Å²) in [6.07, 6.45) is -8.04. The van der Waals surface area contributed by atoms with Gasteiger partial charge in [-0.3, -0.25) is 0 Å². The summed E-state index contributed by atoms with van der Waals surface area (Å²) in [5, 5.41) is 1.90. The summed E-state index contributed by atoms with van der Waals surface area (Å²) in [5.74, 6) is -0.431. The average Bonchev–Trinajstić information content (AvgIpc) is 3.43. The van der Waals surface area contributed by atoms with Gasteiger partial charge in [0.1, 0.15) is 68.3 Å². The molecule has 0 radical (unpaired) electrons. The highest BCUT2D eigenvalue weighted by Crippen LogP contribution is 2.43. The lowest BCUT2D eigenvalue weighted by molar-refractivity contribution is -0.356. The molecule has 4 aliphatic heterocycles. The van der Waals surface area contributed by atoms with Crippen LogP contribution in [0.2, 0.25) is 5.04 Å². The van der Waals surface area contributed by atoms with Crippen LogP contribution < -0.4 is 10.4 Å². The molecule has 0 amide bonds. The zero-order valence-corrected chi connectivity index (χ0v) is 42.7. The molecule has 0 aliphatic carbocycles. The van der Waals surface area contributed by atoms with Gasteiger partial charge in [-0.15, -0.1) is 0 Å². The van der Waals surface area contributed by atoms with Crippen molar-refractivity contribution in [2.45, 2.75) is 113 Å². The van der Waals surface area contributed by atoms with Crippen LogP contribution in [0, 0.1) is 5.92 Å². The van der Waals surface area contributed by atoms with E-state index in [1.807, 2.05) is 133 Å². The van der Waals surface area contributed by atoms with Crippen molar-refractivity contribution in [1.29, 1.82) is 0 Å². The van der Waals surface area contributed by atoms with E-state index in [-0.39, 0.29) is 44.9 Å². The van der Waals surface area contributed by atoms with E-state index in [9.17, 15) is 4.79 Å². The van der Waals surface area contributed by atoms with Crippen LogP contribution in [-0.4, -0.2) is 102 Å². The predicted molar refractivity (Wildman–Crippen MR) is 276 cm³/mol. The van der Waals surface area contributed by atoms with E-state index in [1.54, 1.807) is 0 Å². The summed E-state index contributed by atoms with van der Waals surface area (Å²) in [6, 6.07) is 61.2. The molecule has 0 aromatic heterocycles. The molecule has 13 heteroatoms. The fraction of sp³-hybridized carbons (Fsp3) is 0.383. The Morgan fingerprint density at radius 1 is 0.479 bits per heavy atom. The molecular weight excluding hydrogens is 941 g/mol. The van der Waals surface area contributed by atoms with Crippen LogP contribution in [0.4, 0.5) is 4.79 Å². The van der Waals surface area contributed by atoms with Crippen LogP contribution in [0.5, 0.6) is 0 Å². The Bertz CT molecular complexity index is 2570. The lowest BCUT2D eigenvalue weighted by Gasteiger charge is -2.55. The molecule has 12 nitrogen and oxygen atoms in total. The fourth-order valence-electron chi connectivity index (χ4n) is 11.0. The van der Waals surface area contributed by atoms with Gasteiger partial charge in [-0.25, -0.2) is 4.79 Å². The Labute approximate surface area is 429 Å². The highest BCUT2D eigenvalue weighted by Gasteiger charge is 2.61. The van der Waals surface area contributed by atoms with Gasteiger partial charge in [-0.05, 0) is 37.7 Å². The molecule has 0 N–H and O–H groups in total. The Balaban J connectivity index is 1.03. The first-order chi connectivity index (χ1) is 35.7. The molecule has 0 spiro atoms. The van der Waals surface area contributed by atoms with E-state index < -0.39 is 81.4 Å². The van der Waals surface area contributed by atoms with Gasteiger partial charge in [0.05, 0.1) is 51.7 Å². The van der Waals surface area contributed by atoms with Crippen molar-refractivity contribution in [3.63, 3.8) is 0 Å². The van der Waals surface area contributed by atoms with Gasteiger partial charge in [0, 0.05) is 0 Å². The molecule has 4 saturated heterocycles. The Morgan fingerprint density at radius 2 is 0.932 bits per heavy atom. The van der Waals surface area contributed by atoms with E-state index in [0.29, 0.717) is 13.2 Å². The zero-order chi connectivity index (χ0) is 50.0. The summed E-state index contributed by atoms with van der Waals surface area (Å²) >= 11 is 0. The lowest BCUT2D eigenvalue weighted by atomic mass is 9.80. The van der Waals surface area contributed by atoms with E-state index >= 15 is 0 Å². The highest BCUT2D eigenvalue weighted by atomic mass is 28.4. The minimum Gasteiger partial charge on any atom is -0.434 e. The maximum absolute atomic E-state index is 13.1. The second-order valence-corrected chi connectivity index (χ2v) is 24.5. The quantitative estimate of drug-likeness (QED) is 0.0570. The van der Waals surface area contributed by atoms with Crippen molar-refractivity contribution in [2.75, 3.05) is 26.6 Å². The summed E-state index contributed by atoms with van der Waals surface area (Å²) < 4.78 is 75.1. The van der Waals surface area contributed by atoms with Gasteiger partial charge in [-0.2, -0.15) is 0 Å². The number of fused-ring (bicyclic) bond motifs is 3. The van der Waals surface area contributed by atoms with Crippen molar-refractivity contribution in [2.24, 2.45) is 5.92 Å². The minimum atomic E-state index is -3.09. The zero-order valence-electron chi connectivity index (χ0n) is 41.7. The highest BCUT2D eigenvalue weighted by molar-refractivity contribution is 6.99. The number of ether oxygens (including phenoxy) is 10. The third-order valence-electron chi connectivity index (χ3n) is 14.5. The second kappa shape index (κ2) is 23.8. The van der Waals surface area contributed by atoms with E-state index in [1.165, 1.54) is 0 Å². The van der Waals surface area contributed by atoms with E-state index in [0.717, 1.165) is 32.6 Å². The number of rotatable bonds is 19. The SMILES string of the molecule is CC(C)(C)[Si](OC[C@H]1O[C@H]2[C@@H]([C@H]3O[C@H](COCc4ccccc4)[C@@H](OCc4ccccc4)[C@H](OCc4ccccc4)[C@@H]3OCc3ccccc3)OCO[C@@H]2[C@H]2COC(=O)O[C@H]21)(c1ccccc1)c1ccccc1. The molecule has 4 aliphatic rings. The number of hydrogen-bond donors (Lipinski definition) is 0. The topological polar surface area (TPSA) is 119 Å². The van der Waals surface area contributed by atoms with Crippen molar-refractivity contribution in [3.05, 3.63) is 204 Å². The number of benzene rings is 6. The van der Waals surface area contributed by atoms with Crippen LogP contribution in [0.3, 0.4) is 0 Å². The third-order valence-corrected chi connectivity index (χ3v) is 19.5. The maximum atomic E-state index is 13.1. The van der Waals surface area contributed by atoms with Gasteiger partial charge < -0.3 is 51.8 Å². The van der Waals surface area contributed by atoms with Gasteiger partial charge in [0.2, 0.25) is 0 Å². The Kier molecular flexibility index (Phi) is 16.6. The molecule has 0 saturated carbocycles. The fourth-order valence-corrected chi connectivity index (χ4v) is 15.5. The summed E-state index contributed by atoms with van der Waals surface area (Å²) in [6.45, 7) is 8.12. The molecule has 382 valence electrons. The molecule has 6 aromatic carbocycles. The average molecular weight is 1010 g/mol. The Morgan fingerprint density at radius 3 is 1.45 bits per heavy atom. The predicted octanol–water partition coefficient (Wildman–Crippen LogP) is 8.96. The van der Waals surface area contributed by atoms with Gasteiger partial charge >= 0.3 is 6.16 Å². The number of carbonyl (C=O) groups is 1. The smallest absolute Gasteiger partial charge is 0.434 e. The van der Waals surface area contributed by atoms with E-state index in [2.05, 4.69) is 69.3 Å². The van der Waals surface area contributed by atoms with Crippen LogP contribution in [0.25, 0.3) is 0 Å². The van der Waals surface area contributed by atoms with Gasteiger partial charge in [0.25, 0.3) is 8.32 Å². The maximum Gasteiger partial charge on any atom is 0.508 e. The molecule has 0 bridgehead atoms. The molecule has 11 atom stereocenters. The molecular formula is C60H66O12Si. The van der Waals surface area contributed by atoms with Crippen molar-refractivity contribution in [1.82, 2.24) is 0 Å². The lowest BCUT2D eigenvalue weighted by Crippen LogP contribution is -2.72. The number of hydrogen-bond acceptors (Lipinski definition) is 12. The van der Waals surface area contributed by atoms with E-state index in [4.69, 9.17) is 51.8 Å². The minimum absolute atomic E-state index is 0.0596. The molecule has 6 aromatic rings. The molecule has 4 fully saturated rings. The Hall–Kier alpha value is -5.55. The van der Waals surface area contributed by atoms with Crippen LogP contribution in [-0.2, 0) is 78.2 Å². The standard InChI is InChI=1S/C60H66O12Si/c1-60(2,3)73(46-30-18-8-19-31-46,47-32-20-9-21-33-47)69-40-50-51-48(38-66-59(61)72-51)52-57(71-50)56(68-41-67-52)58-55(65-37-45-28-16-7-17-29-45)54(64-36-44-26-14-6-15-27-44)53(63-35-43-24-12-5-13-25-43)49(70-58)39-62-34-42-22-10-4-11-23-42/h4-33,48-58H,34-41H2,1-3H3/t48-,49+,50+,51+,52+,53+,54-,55-,56-,57+,58-/m0/s1. The number of cyclic esters (lactones) is 1.